The Kier molecular flexibility index (Phi) is 7.22. The molecular weight excluding hydrogens is 528 g/mol. The summed E-state index contributed by atoms with van der Waals surface area (Å²) in [4.78, 5) is 14.0. The minimum absolute atomic E-state index is 0.0585. The molecule has 11 heteroatoms. The SMILES string of the molecule is COc1ccc(-c2ccc(-c3cn(C4CCc5c(F)cccc5N(CC(F)(F)F)C4=O)nn3)cc2OC)cc1C. The average molecular weight is 555 g/mol. The molecule has 1 unspecified atom stereocenters. The number of fused-ring (bicyclic) bond motifs is 1. The van der Waals surface area contributed by atoms with E-state index in [9.17, 15) is 22.4 Å². The van der Waals surface area contributed by atoms with Crippen LogP contribution in [0.15, 0.2) is 60.8 Å². The lowest BCUT2D eigenvalue weighted by Crippen LogP contribution is -2.42. The summed E-state index contributed by atoms with van der Waals surface area (Å²) in [6, 6.07) is 13.9. The molecule has 3 aromatic carbocycles. The zero-order valence-corrected chi connectivity index (χ0v) is 22.0. The van der Waals surface area contributed by atoms with Crippen LogP contribution >= 0.6 is 0 Å². The molecule has 0 N–H and O–H groups in total. The Morgan fingerprint density at radius 1 is 1.00 bits per heavy atom. The lowest BCUT2D eigenvalue weighted by molar-refractivity contribution is -0.134. The fourth-order valence-corrected chi connectivity index (χ4v) is 5.03. The largest absolute Gasteiger partial charge is 0.496 e. The highest BCUT2D eigenvalue weighted by Crippen LogP contribution is 2.37. The maximum atomic E-state index is 14.6. The Morgan fingerprint density at radius 2 is 1.75 bits per heavy atom. The van der Waals surface area contributed by atoms with Gasteiger partial charge in [0.1, 0.15) is 35.6 Å². The normalized spacial score (nSPS) is 15.5. The number of anilines is 1. The van der Waals surface area contributed by atoms with Gasteiger partial charge in [-0.1, -0.05) is 23.4 Å². The number of rotatable bonds is 6. The third kappa shape index (κ3) is 5.23. The highest BCUT2D eigenvalue weighted by molar-refractivity contribution is 5.97. The van der Waals surface area contributed by atoms with Gasteiger partial charge in [-0.15, -0.1) is 5.10 Å². The summed E-state index contributed by atoms with van der Waals surface area (Å²) in [6.45, 7) is 0.406. The summed E-state index contributed by atoms with van der Waals surface area (Å²) in [5.41, 5.74) is 3.75. The number of aromatic nitrogens is 3. The van der Waals surface area contributed by atoms with Crippen molar-refractivity contribution in [2.24, 2.45) is 0 Å². The van der Waals surface area contributed by atoms with E-state index in [4.69, 9.17) is 9.47 Å². The van der Waals surface area contributed by atoms with Crippen LogP contribution in [0.4, 0.5) is 23.2 Å². The van der Waals surface area contributed by atoms with Gasteiger partial charge in [-0.3, -0.25) is 4.79 Å². The number of carbonyl (C=O) groups excluding carboxylic acids is 1. The lowest BCUT2D eigenvalue weighted by Gasteiger charge is -2.26. The Bertz CT molecular complexity index is 1570. The van der Waals surface area contributed by atoms with Crippen LogP contribution < -0.4 is 14.4 Å². The molecule has 0 spiro atoms. The second kappa shape index (κ2) is 10.6. The number of halogens is 4. The number of nitrogens with zero attached hydrogens (tertiary/aromatic N) is 4. The molecule has 0 saturated heterocycles. The van der Waals surface area contributed by atoms with E-state index in [0.717, 1.165) is 22.4 Å². The number of hydrogen-bond donors (Lipinski definition) is 0. The Balaban J connectivity index is 1.47. The number of alkyl halides is 3. The van der Waals surface area contributed by atoms with E-state index in [0.29, 0.717) is 21.9 Å². The first kappa shape index (κ1) is 27.2. The summed E-state index contributed by atoms with van der Waals surface area (Å²) in [5, 5.41) is 8.26. The maximum Gasteiger partial charge on any atom is 0.406 e. The van der Waals surface area contributed by atoms with Crippen molar-refractivity contribution in [3.8, 4) is 33.9 Å². The van der Waals surface area contributed by atoms with Crippen molar-refractivity contribution in [1.29, 1.82) is 0 Å². The van der Waals surface area contributed by atoms with Crippen molar-refractivity contribution in [3.63, 3.8) is 0 Å². The number of benzene rings is 3. The van der Waals surface area contributed by atoms with Crippen LogP contribution in [0.5, 0.6) is 11.5 Å². The van der Waals surface area contributed by atoms with Crippen molar-refractivity contribution in [2.45, 2.75) is 32.0 Å². The zero-order chi connectivity index (χ0) is 28.6. The van der Waals surface area contributed by atoms with Crippen molar-refractivity contribution in [3.05, 3.63) is 77.7 Å². The van der Waals surface area contributed by atoms with E-state index >= 15 is 0 Å². The first-order valence-corrected chi connectivity index (χ1v) is 12.5. The fourth-order valence-electron chi connectivity index (χ4n) is 5.03. The highest BCUT2D eigenvalue weighted by Gasteiger charge is 2.40. The monoisotopic (exact) mass is 554 g/mol. The van der Waals surface area contributed by atoms with Gasteiger partial charge in [0.15, 0.2) is 0 Å². The number of amides is 1. The molecule has 1 amide bonds. The minimum atomic E-state index is -4.68. The van der Waals surface area contributed by atoms with Crippen LogP contribution in [0.25, 0.3) is 22.4 Å². The molecule has 7 nitrogen and oxygen atoms in total. The van der Waals surface area contributed by atoms with Gasteiger partial charge in [-0.2, -0.15) is 13.2 Å². The van der Waals surface area contributed by atoms with Gasteiger partial charge < -0.3 is 14.4 Å². The minimum Gasteiger partial charge on any atom is -0.496 e. The van der Waals surface area contributed by atoms with Crippen LogP contribution in [0, 0.1) is 12.7 Å². The Morgan fingerprint density at radius 3 is 2.45 bits per heavy atom. The van der Waals surface area contributed by atoms with Crippen molar-refractivity contribution in [2.75, 3.05) is 25.7 Å². The van der Waals surface area contributed by atoms with E-state index in [2.05, 4.69) is 10.3 Å². The second-order valence-electron chi connectivity index (χ2n) is 9.51. The molecule has 1 aliphatic rings. The first-order valence-electron chi connectivity index (χ1n) is 12.5. The van der Waals surface area contributed by atoms with Crippen LogP contribution in [-0.2, 0) is 11.2 Å². The molecule has 1 atom stereocenters. The van der Waals surface area contributed by atoms with Crippen LogP contribution in [0.1, 0.15) is 23.6 Å². The highest BCUT2D eigenvalue weighted by atomic mass is 19.4. The van der Waals surface area contributed by atoms with Crippen molar-refractivity contribution >= 4 is 11.6 Å². The third-order valence-electron chi connectivity index (χ3n) is 6.97. The maximum absolute atomic E-state index is 14.6. The van der Waals surface area contributed by atoms with Gasteiger partial charge in [0, 0.05) is 16.7 Å². The van der Waals surface area contributed by atoms with Gasteiger partial charge in [0.2, 0.25) is 0 Å². The molecule has 1 aromatic heterocycles. The summed E-state index contributed by atoms with van der Waals surface area (Å²) < 4.78 is 67.1. The lowest BCUT2D eigenvalue weighted by atomic mass is 9.99. The van der Waals surface area contributed by atoms with Crippen LogP contribution in [-0.4, -0.2) is 47.8 Å². The van der Waals surface area contributed by atoms with Gasteiger partial charge in [0.05, 0.1) is 26.1 Å². The van der Waals surface area contributed by atoms with E-state index in [1.54, 1.807) is 20.3 Å². The van der Waals surface area contributed by atoms with Crippen molar-refractivity contribution in [1.82, 2.24) is 15.0 Å². The van der Waals surface area contributed by atoms with Gasteiger partial charge in [0.25, 0.3) is 5.91 Å². The Hall–Kier alpha value is -4.41. The summed E-state index contributed by atoms with van der Waals surface area (Å²) in [7, 11) is 3.16. The molecule has 0 aliphatic carbocycles. The van der Waals surface area contributed by atoms with E-state index in [1.807, 2.05) is 37.3 Å². The molecule has 4 aromatic rings. The smallest absolute Gasteiger partial charge is 0.406 e. The summed E-state index contributed by atoms with van der Waals surface area (Å²) in [6.07, 6.45) is -3.05. The molecule has 0 fully saturated rings. The van der Waals surface area contributed by atoms with Gasteiger partial charge >= 0.3 is 6.18 Å². The summed E-state index contributed by atoms with van der Waals surface area (Å²) in [5.74, 6) is -0.148. The number of carbonyl (C=O) groups is 1. The molecule has 0 saturated carbocycles. The van der Waals surface area contributed by atoms with Crippen LogP contribution in [0.2, 0.25) is 0 Å². The number of ether oxygens (including phenoxy) is 2. The number of methoxy groups -OCH3 is 2. The van der Waals surface area contributed by atoms with Gasteiger partial charge in [-0.05, 0) is 67.3 Å². The second-order valence-corrected chi connectivity index (χ2v) is 9.51. The quantitative estimate of drug-likeness (QED) is 0.267. The molecule has 1 aliphatic heterocycles. The standard InChI is InChI=1S/C29H26F4N4O3/c1-17-13-18(8-12-26(17)39-2)20-9-7-19(14-27(20)40-3)23-15-37(35-34-23)25-11-10-21-22(30)5-4-6-24(21)36(28(25)38)16-29(31,32)33/h4-9,12-15,25H,10-11,16H2,1-3H3. The molecule has 208 valence electrons. The molecular formula is C29H26F4N4O3. The zero-order valence-electron chi connectivity index (χ0n) is 22.0. The number of hydrogen-bond acceptors (Lipinski definition) is 5. The first-order chi connectivity index (χ1) is 19.1. The summed E-state index contributed by atoms with van der Waals surface area (Å²) >= 11 is 0. The van der Waals surface area contributed by atoms with E-state index < -0.39 is 30.5 Å². The molecule has 0 bridgehead atoms. The molecule has 5 rings (SSSR count). The molecule has 40 heavy (non-hydrogen) atoms. The molecule has 0 radical (unpaired) electrons. The average Bonchev–Trinajstić information content (AvgIpc) is 3.36. The predicted octanol–water partition coefficient (Wildman–Crippen LogP) is 6.16. The van der Waals surface area contributed by atoms with Gasteiger partial charge in [-0.25, -0.2) is 9.07 Å². The molecule has 2 heterocycles. The van der Waals surface area contributed by atoms with Crippen molar-refractivity contribution < 1.29 is 31.8 Å². The fraction of sp³-hybridized carbons (Fsp3) is 0.276. The van der Waals surface area contributed by atoms with Crippen LogP contribution in [0.3, 0.4) is 0 Å². The predicted molar refractivity (Wildman–Crippen MR) is 141 cm³/mol. The topological polar surface area (TPSA) is 69.5 Å². The Labute approximate surface area is 227 Å². The third-order valence-corrected chi connectivity index (χ3v) is 6.97. The van der Waals surface area contributed by atoms with E-state index in [-0.39, 0.29) is 24.1 Å². The number of aryl methyl sites for hydroxylation is 1. The van der Waals surface area contributed by atoms with E-state index in [1.165, 1.54) is 29.1 Å².